The molecule has 1 heterocycles. The van der Waals surface area contributed by atoms with Crippen LogP contribution < -0.4 is 10.0 Å². The van der Waals surface area contributed by atoms with Crippen LogP contribution in [0.5, 0.6) is 0 Å². The van der Waals surface area contributed by atoms with Gasteiger partial charge in [-0.3, -0.25) is 4.79 Å². The summed E-state index contributed by atoms with van der Waals surface area (Å²) >= 11 is 0. The van der Waals surface area contributed by atoms with Crippen molar-refractivity contribution < 1.29 is 30.8 Å². The van der Waals surface area contributed by atoms with Crippen molar-refractivity contribution in [2.75, 3.05) is 0 Å². The van der Waals surface area contributed by atoms with Crippen LogP contribution in [0, 0.1) is 0 Å². The summed E-state index contributed by atoms with van der Waals surface area (Å²) in [6, 6.07) is 13.3. The van der Waals surface area contributed by atoms with E-state index in [2.05, 4.69) is 10.0 Å². The van der Waals surface area contributed by atoms with Crippen molar-refractivity contribution >= 4 is 22.0 Å². The lowest BCUT2D eigenvalue weighted by molar-refractivity contribution is -0.137. The van der Waals surface area contributed by atoms with E-state index in [4.69, 9.17) is 4.42 Å². The lowest BCUT2D eigenvalue weighted by Crippen LogP contribution is -2.25. The number of sulfonamides is 1. The first-order chi connectivity index (χ1) is 15.5. The summed E-state index contributed by atoms with van der Waals surface area (Å²) in [5.41, 5.74) is 0.107. The van der Waals surface area contributed by atoms with Crippen molar-refractivity contribution in [2.45, 2.75) is 30.6 Å². The van der Waals surface area contributed by atoms with Gasteiger partial charge in [0.15, 0.2) is 0 Å². The predicted molar refractivity (Wildman–Crippen MR) is 116 cm³/mol. The van der Waals surface area contributed by atoms with Gasteiger partial charge in [0.1, 0.15) is 5.76 Å². The topological polar surface area (TPSA) is 88.4 Å². The molecule has 1 atom stereocenters. The smallest absolute Gasteiger partial charge is 0.416 e. The van der Waals surface area contributed by atoms with E-state index in [1.165, 1.54) is 54.8 Å². The zero-order valence-corrected chi connectivity index (χ0v) is 18.3. The molecule has 33 heavy (non-hydrogen) atoms. The van der Waals surface area contributed by atoms with Gasteiger partial charge in [-0.1, -0.05) is 24.3 Å². The fourth-order valence-corrected chi connectivity index (χ4v) is 3.92. The average Bonchev–Trinajstić information content (AvgIpc) is 3.30. The molecule has 1 unspecified atom stereocenters. The highest BCUT2D eigenvalue weighted by Crippen LogP contribution is 2.30. The van der Waals surface area contributed by atoms with Gasteiger partial charge < -0.3 is 9.73 Å². The molecule has 0 saturated heterocycles. The van der Waals surface area contributed by atoms with E-state index in [-0.39, 0.29) is 11.4 Å². The number of halogens is 3. The number of carbonyl (C=O) groups excluding carboxylic acids is 1. The Morgan fingerprint density at radius 2 is 1.82 bits per heavy atom. The zero-order chi connectivity index (χ0) is 24.1. The summed E-state index contributed by atoms with van der Waals surface area (Å²) in [5, 5.41) is 2.60. The number of benzene rings is 2. The molecular formula is C23H21F3N2O4S. The lowest BCUT2D eigenvalue weighted by atomic mass is 10.0. The zero-order valence-electron chi connectivity index (χ0n) is 17.5. The molecule has 174 valence electrons. The van der Waals surface area contributed by atoms with E-state index in [9.17, 15) is 26.4 Å². The van der Waals surface area contributed by atoms with Gasteiger partial charge in [-0.05, 0) is 60.5 Å². The van der Waals surface area contributed by atoms with Crippen molar-refractivity contribution in [3.63, 3.8) is 0 Å². The van der Waals surface area contributed by atoms with Gasteiger partial charge >= 0.3 is 6.18 Å². The Morgan fingerprint density at radius 3 is 2.45 bits per heavy atom. The molecule has 0 fully saturated rings. The number of hydrogen-bond donors (Lipinski definition) is 2. The third-order valence-corrected chi connectivity index (χ3v) is 6.12. The van der Waals surface area contributed by atoms with Crippen LogP contribution in [0.4, 0.5) is 13.2 Å². The highest BCUT2D eigenvalue weighted by molar-refractivity contribution is 7.89. The molecule has 0 aliphatic carbocycles. The minimum atomic E-state index is -4.46. The van der Waals surface area contributed by atoms with Crippen LogP contribution in [0.1, 0.15) is 35.4 Å². The van der Waals surface area contributed by atoms with Crippen LogP contribution in [0.3, 0.4) is 0 Å². The maximum Gasteiger partial charge on any atom is 0.416 e. The fraction of sp³-hybridized carbons (Fsp3) is 0.174. The van der Waals surface area contributed by atoms with Gasteiger partial charge in [-0.25, -0.2) is 13.1 Å². The summed E-state index contributed by atoms with van der Waals surface area (Å²) in [7, 11) is -3.74. The van der Waals surface area contributed by atoms with E-state index in [1.54, 1.807) is 19.1 Å². The fourth-order valence-electron chi connectivity index (χ4n) is 2.92. The Morgan fingerprint density at radius 1 is 1.09 bits per heavy atom. The largest absolute Gasteiger partial charge is 0.468 e. The highest BCUT2D eigenvalue weighted by atomic mass is 32.2. The molecule has 0 saturated carbocycles. The first kappa shape index (κ1) is 24.3. The molecule has 1 amide bonds. The number of hydrogen-bond acceptors (Lipinski definition) is 4. The second-order valence-electron chi connectivity index (χ2n) is 7.16. The van der Waals surface area contributed by atoms with Gasteiger partial charge in [-0.2, -0.15) is 13.2 Å². The van der Waals surface area contributed by atoms with Gasteiger partial charge in [-0.15, -0.1) is 0 Å². The average molecular weight is 478 g/mol. The molecular weight excluding hydrogens is 457 g/mol. The Kier molecular flexibility index (Phi) is 7.39. The number of amides is 1. The lowest BCUT2D eigenvalue weighted by Gasteiger charge is -2.15. The Balaban J connectivity index is 1.59. The summed E-state index contributed by atoms with van der Waals surface area (Å²) in [4.78, 5) is 12.2. The number of rotatable bonds is 8. The molecule has 2 N–H and O–H groups in total. The summed E-state index contributed by atoms with van der Waals surface area (Å²) in [5.74, 6) is -0.0276. The van der Waals surface area contributed by atoms with E-state index in [0.717, 1.165) is 12.1 Å². The Bertz CT molecular complexity index is 1220. The Labute approximate surface area is 189 Å². The maximum absolute atomic E-state index is 12.9. The summed E-state index contributed by atoms with van der Waals surface area (Å²) in [6.45, 7) is 1.60. The molecule has 1 aromatic heterocycles. The SMILES string of the molecule is CC(NC(=O)/C=C/c1ccc(S(=O)(=O)NCc2ccco2)cc1)c1cccc(C(F)(F)F)c1. The summed E-state index contributed by atoms with van der Waals surface area (Å²) < 4.78 is 70.8. The number of carbonyl (C=O) groups is 1. The van der Waals surface area contributed by atoms with Crippen LogP contribution in [0.25, 0.3) is 6.08 Å². The number of nitrogens with one attached hydrogen (secondary N) is 2. The van der Waals surface area contributed by atoms with E-state index in [0.29, 0.717) is 16.9 Å². The number of furan rings is 1. The number of alkyl halides is 3. The normalized spacial score (nSPS) is 13.2. The first-order valence-electron chi connectivity index (χ1n) is 9.82. The van der Waals surface area contributed by atoms with Crippen molar-refractivity contribution in [3.8, 4) is 0 Å². The monoisotopic (exact) mass is 478 g/mol. The van der Waals surface area contributed by atoms with E-state index < -0.39 is 33.7 Å². The van der Waals surface area contributed by atoms with Crippen LogP contribution >= 0.6 is 0 Å². The molecule has 0 spiro atoms. The van der Waals surface area contributed by atoms with E-state index >= 15 is 0 Å². The molecule has 10 heteroatoms. The van der Waals surface area contributed by atoms with Crippen LogP contribution in [-0.2, 0) is 27.5 Å². The molecule has 3 aromatic rings. The predicted octanol–water partition coefficient (Wildman–Crippen LogP) is 4.67. The standard InChI is InChI=1S/C23H21F3N2O4S/c1-16(18-4-2-5-19(14-18)23(24,25)26)28-22(29)12-9-17-7-10-21(11-8-17)33(30,31)27-15-20-6-3-13-32-20/h2-14,16,27H,15H2,1H3,(H,28,29)/b12-9+. The molecule has 0 aliphatic heterocycles. The third kappa shape index (κ3) is 6.80. The van der Waals surface area contributed by atoms with Crippen molar-refractivity contribution in [1.82, 2.24) is 10.0 Å². The molecule has 2 aromatic carbocycles. The molecule has 0 radical (unpaired) electrons. The van der Waals surface area contributed by atoms with Crippen LogP contribution in [0.2, 0.25) is 0 Å². The van der Waals surface area contributed by atoms with Gasteiger partial charge in [0.05, 0.1) is 29.3 Å². The van der Waals surface area contributed by atoms with Gasteiger partial charge in [0.25, 0.3) is 0 Å². The minimum Gasteiger partial charge on any atom is -0.468 e. The third-order valence-electron chi connectivity index (χ3n) is 4.71. The van der Waals surface area contributed by atoms with E-state index in [1.807, 2.05) is 0 Å². The van der Waals surface area contributed by atoms with Crippen molar-refractivity contribution in [3.05, 3.63) is 95.5 Å². The highest BCUT2D eigenvalue weighted by Gasteiger charge is 2.30. The second kappa shape index (κ2) is 10.1. The van der Waals surface area contributed by atoms with Crippen LogP contribution in [0.15, 0.2) is 82.3 Å². The minimum absolute atomic E-state index is 0.0151. The molecule has 0 bridgehead atoms. The first-order valence-corrected chi connectivity index (χ1v) is 11.3. The second-order valence-corrected chi connectivity index (χ2v) is 8.93. The maximum atomic E-state index is 12.9. The molecule has 0 aliphatic rings. The molecule has 6 nitrogen and oxygen atoms in total. The van der Waals surface area contributed by atoms with Gasteiger partial charge in [0, 0.05) is 6.08 Å². The molecule has 3 rings (SSSR count). The quantitative estimate of drug-likeness (QED) is 0.461. The Hall–Kier alpha value is -3.37. The summed E-state index contributed by atoms with van der Waals surface area (Å²) in [6.07, 6.45) is -0.321. The van der Waals surface area contributed by atoms with Crippen molar-refractivity contribution in [1.29, 1.82) is 0 Å². The van der Waals surface area contributed by atoms with Gasteiger partial charge in [0.2, 0.25) is 15.9 Å². The van der Waals surface area contributed by atoms with Crippen molar-refractivity contribution in [2.24, 2.45) is 0 Å². The van der Waals surface area contributed by atoms with Crippen LogP contribution in [-0.4, -0.2) is 14.3 Å².